The second-order valence-corrected chi connectivity index (χ2v) is 9.87. The van der Waals surface area contributed by atoms with E-state index in [2.05, 4.69) is 32.7 Å². The van der Waals surface area contributed by atoms with Crippen molar-refractivity contribution in [3.63, 3.8) is 0 Å². The molecule has 0 radical (unpaired) electrons. The van der Waals surface area contributed by atoms with E-state index < -0.39 is 24.8 Å². The van der Waals surface area contributed by atoms with Crippen molar-refractivity contribution in [2.45, 2.75) is 50.7 Å². The fourth-order valence-corrected chi connectivity index (χ4v) is 4.72. The van der Waals surface area contributed by atoms with Crippen LogP contribution in [0.2, 0.25) is 0 Å². The van der Waals surface area contributed by atoms with Crippen LogP contribution in [0.5, 0.6) is 0 Å². The number of hydrogen-bond acceptors (Lipinski definition) is 8. The van der Waals surface area contributed by atoms with Gasteiger partial charge in [0.15, 0.2) is 0 Å². The standard InChI is InChI=1S/C28H35F3N6O3/c29-28(30,31)18-40-17-16-37(14-4-3-7-21-11-10-20-6-5-13-32-25(20)35-21)15-12-24(27(38)39)36-26-22-8-1-2-9-23(22)33-19-34-26/h1-2,8-11,19,24H,3-7,12-18H2,(H,32,35)(H,38,39)(H,33,34,36). The van der Waals surface area contributed by atoms with Crippen LogP contribution in [0.3, 0.4) is 0 Å². The van der Waals surface area contributed by atoms with Gasteiger partial charge in [0.05, 0.1) is 12.1 Å². The SMILES string of the molecule is O=C(O)C(CCN(CCCCc1ccc2c(n1)NCCC2)CCOCC(F)(F)F)Nc1ncnc2ccccc12. The maximum Gasteiger partial charge on any atom is 0.411 e. The summed E-state index contributed by atoms with van der Waals surface area (Å²) in [6.45, 7) is 0.747. The third-order valence-electron chi connectivity index (χ3n) is 6.81. The smallest absolute Gasteiger partial charge is 0.411 e. The van der Waals surface area contributed by atoms with Gasteiger partial charge in [0, 0.05) is 30.7 Å². The highest BCUT2D eigenvalue weighted by Crippen LogP contribution is 2.21. The van der Waals surface area contributed by atoms with Gasteiger partial charge in [-0.25, -0.2) is 19.7 Å². The van der Waals surface area contributed by atoms with Crippen molar-refractivity contribution in [1.82, 2.24) is 19.9 Å². The number of nitrogens with zero attached hydrogens (tertiary/aromatic N) is 4. The van der Waals surface area contributed by atoms with E-state index in [9.17, 15) is 23.1 Å². The van der Waals surface area contributed by atoms with E-state index in [1.165, 1.54) is 11.9 Å². The van der Waals surface area contributed by atoms with E-state index in [1.54, 1.807) is 0 Å². The third-order valence-corrected chi connectivity index (χ3v) is 6.81. The zero-order chi connectivity index (χ0) is 28.4. The second-order valence-electron chi connectivity index (χ2n) is 9.87. The van der Waals surface area contributed by atoms with Crippen LogP contribution in [0.25, 0.3) is 10.9 Å². The quantitative estimate of drug-likeness (QED) is 0.231. The lowest BCUT2D eigenvalue weighted by molar-refractivity contribution is -0.174. The zero-order valence-corrected chi connectivity index (χ0v) is 22.3. The third kappa shape index (κ3) is 9.02. The van der Waals surface area contributed by atoms with Crippen molar-refractivity contribution < 1.29 is 27.8 Å². The van der Waals surface area contributed by atoms with Gasteiger partial charge in [0.2, 0.25) is 0 Å². The number of para-hydroxylation sites is 1. The minimum absolute atomic E-state index is 0.0979. The first-order valence-electron chi connectivity index (χ1n) is 13.6. The number of aromatic nitrogens is 3. The summed E-state index contributed by atoms with van der Waals surface area (Å²) in [7, 11) is 0. The Labute approximate surface area is 231 Å². The average Bonchev–Trinajstić information content (AvgIpc) is 2.94. The molecule has 0 spiro atoms. The molecule has 3 heterocycles. The molecule has 40 heavy (non-hydrogen) atoms. The van der Waals surface area contributed by atoms with Crippen molar-refractivity contribution in [2.75, 3.05) is 50.0 Å². The molecule has 4 rings (SSSR count). The lowest BCUT2D eigenvalue weighted by atomic mass is 10.1. The molecule has 12 heteroatoms. The lowest BCUT2D eigenvalue weighted by Gasteiger charge is -2.25. The van der Waals surface area contributed by atoms with Crippen LogP contribution in [0.4, 0.5) is 24.8 Å². The van der Waals surface area contributed by atoms with Crippen molar-refractivity contribution in [3.05, 3.63) is 54.0 Å². The van der Waals surface area contributed by atoms with Crippen LogP contribution >= 0.6 is 0 Å². The molecule has 3 N–H and O–H groups in total. The van der Waals surface area contributed by atoms with Gasteiger partial charge in [-0.1, -0.05) is 18.2 Å². The minimum atomic E-state index is -4.39. The molecule has 0 aliphatic carbocycles. The van der Waals surface area contributed by atoms with Gasteiger partial charge in [-0.15, -0.1) is 0 Å². The molecule has 1 aromatic carbocycles. The number of ether oxygens (including phenoxy) is 1. The number of hydrogen-bond donors (Lipinski definition) is 3. The Bertz CT molecular complexity index is 1250. The van der Waals surface area contributed by atoms with Crippen LogP contribution in [0, 0.1) is 0 Å². The fourth-order valence-electron chi connectivity index (χ4n) is 4.72. The molecule has 0 bridgehead atoms. The number of halogens is 3. The van der Waals surface area contributed by atoms with Crippen LogP contribution in [0.1, 0.15) is 36.9 Å². The number of unbranched alkanes of at least 4 members (excludes halogenated alkanes) is 1. The minimum Gasteiger partial charge on any atom is -0.480 e. The molecule has 0 fully saturated rings. The number of aliphatic carboxylic acids is 1. The number of fused-ring (bicyclic) bond motifs is 2. The summed E-state index contributed by atoms with van der Waals surface area (Å²) in [6.07, 6.45) is 1.76. The van der Waals surface area contributed by atoms with Gasteiger partial charge in [0.1, 0.15) is 30.6 Å². The normalized spacial score (nSPS) is 14.1. The number of alkyl halides is 3. The van der Waals surface area contributed by atoms with E-state index in [-0.39, 0.29) is 19.6 Å². The number of carboxylic acid groups (broad SMARTS) is 1. The average molecular weight is 561 g/mol. The Balaban J connectivity index is 1.32. The summed E-state index contributed by atoms with van der Waals surface area (Å²) >= 11 is 0. The maximum atomic E-state index is 12.5. The number of anilines is 2. The number of nitrogens with one attached hydrogen (secondary N) is 2. The Kier molecular flexibility index (Phi) is 10.5. The van der Waals surface area contributed by atoms with Crippen molar-refractivity contribution >= 4 is 28.5 Å². The predicted molar refractivity (Wildman–Crippen MR) is 147 cm³/mol. The summed E-state index contributed by atoms with van der Waals surface area (Å²) < 4.78 is 42.4. The highest BCUT2D eigenvalue weighted by molar-refractivity contribution is 5.90. The summed E-state index contributed by atoms with van der Waals surface area (Å²) in [4.78, 5) is 27.2. The lowest BCUT2D eigenvalue weighted by Crippen LogP contribution is -2.37. The molecule has 1 aliphatic heterocycles. The number of rotatable bonds is 15. The monoisotopic (exact) mass is 560 g/mol. The first-order valence-corrected chi connectivity index (χ1v) is 13.6. The summed E-state index contributed by atoms with van der Waals surface area (Å²) in [6, 6.07) is 10.5. The number of pyridine rings is 1. The van der Waals surface area contributed by atoms with E-state index in [0.29, 0.717) is 29.8 Å². The molecule has 9 nitrogen and oxygen atoms in total. The van der Waals surface area contributed by atoms with Crippen LogP contribution in [0.15, 0.2) is 42.7 Å². The first kappa shape index (κ1) is 29.5. The molecule has 0 saturated heterocycles. The zero-order valence-electron chi connectivity index (χ0n) is 22.3. The number of benzene rings is 1. The molecule has 3 aromatic rings. The van der Waals surface area contributed by atoms with Crippen molar-refractivity contribution in [2.24, 2.45) is 0 Å². The van der Waals surface area contributed by atoms with Gasteiger partial charge in [-0.05, 0) is 68.8 Å². The fraction of sp³-hybridized carbons (Fsp3) is 0.500. The van der Waals surface area contributed by atoms with Gasteiger partial charge < -0.3 is 25.4 Å². The van der Waals surface area contributed by atoms with Crippen LogP contribution < -0.4 is 10.6 Å². The molecule has 0 amide bonds. The van der Waals surface area contributed by atoms with Crippen LogP contribution in [-0.2, 0) is 22.4 Å². The number of carbonyl (C=O) groups is 1. The molecular weight excluding hydrogens is 525 g/mol. The second kappa shape index (κ2) is 14.2. The summed E-state index contributed by atoms with van der Waals surface area (Å²) in [5.74, 6) is 0.337. The van der Waals surface area contributed by atoms with E-state index in [4.69, 9.17) is 9.72 Å². The predicted octanol–water partition coefficient (Wildman–Crippen LogP) is 4.54. The molecule has 1 atom stereocenters. The van der Waals surface area contributed by atoms with Crippen molar-refractivity contribution in [1.29, 1.82) is 0 Å². The van der Waals surface area contributed by atoms with E-state index in [0.717, 1.165) is 50.2 Å². The summed E-state index contributed by atoms with van der Waals surface area (Å²) in [5, 5.41) is 16.9. The summed E-state index contributed by atoms with van der Waals surface area (Å²) in [5.41, 5.74) is 2.92. The molecule has 1 aliphatic rings. The molecule has 0 saturated carbocycles. The first-order chi connectivity index (χ1) is 19.3. The largest absolute Gasteiger partial charge is 0.480 e. The van der Waals surface area contributed by atoms with Gasteiger partial charge in [0.25, 0.3) is 0 Å². The van der Waals surface area contributed by atoms with Gasteiger partial charge >= 0.3 is 12.1 Å². The number of aryl methyl sites for hydroxylation is 2. The Morgan fingerprint density at radius 1 is 1.12 bits per heavy atom. The van der Waals surface area contributed by atoms with E-state index >= 15 is 0 Å². The van der Waals surface area contributed by atoms with Gasteiger partial charge in [-0.2, -0.15) is 13.2 Å². The van der Waals surface area contributed by atoms with Crippen molar-refractivity contribution in [3.8, 4) is 0 Å². The topological polar surface area (TPSA) is 112 Å². The highest BCUT2D eigenvalue weighted by Gasteiger charge is 2.27. The Morgan fingerprint density at radius 2 is 1.98 bits per heavy atom. The maximum absolute atomic E-state index is 12.5. The van der Waals surface area contributed by atoms with Gasteiger partial charge in [-0.3, -0.25) is 0 Å². The Hall–Kier alpha value is -3.51. The highest BCUT2D eigenvalue weighted by atomic mass is 19.4. The van der Waals surface area contributed by atoms with E-state index in [1.807, 2.05) is 29.2 Å². The van der Waals surface area contributed by atoms with Crippen LogP contribution in [-0.4, -0.2) is 82.5 Å². The molecule has 1 unspecified atom stereocenters. The Morgan fingerprint density at radius 3 is 2.80 bits per heavy atom. The number of carboxylic acids is 1. The molecular formula is C28H35F3N6O3. The molecule has 2 aromatic heterocycles. The molecule has 216 valence electrons.